The molecule has 2 rings (SSSR count). The number of para-hydroxylation sites is 2. The van der Waals surface area contributed by atoms with Crippen LogP contribution in [-0.2, 0) is 11.3 Å². The molecule has 2 amide bonds. The van der Waals surface area contributed by atoms with E-state index in [1.165, 1.54) is 0 Å². The lowest BCUT2D eigenvalue weighted by atomic mass is 9.86. The fraction of sp³-hybridized carbons (Fsp3) is 0.500. The highest BCUT2D eigenvalue weighted by Gasteiger charge is 2.32. The predicted octanol–water partition coefficient (Wildman–Crippen LogP) is 2.01. The minimum atomic E-state index is -0.889. The van der Waals surface area contributed by atoms with Crippen LogP contribution in [0.3, 0.4) is 0 Å². The van der Waals surface area contributed by atoms with Crippen molar-refractivity contribution in [1.29, 1.82) is 0 Å². The summed E-state index contributed by atoms with van der Waals surface area (Å²) in [5.41, 5.74) is 5.65. The molecular weight excluding hydrogens is 352 g/mol. The number of nitrogens with two attached hydrogens (primary N) is 1. The van der Waals surface area contributed by atoms with Gasteiger partial charge in [0.2, 0.25) is 5.91 Å². The zero-order valence-corrected chi connectivity index (χ0v) is 16.4. The van der Waals surface area contributed by atoms with Crippen molar-refractivity contribution in [2.24, 2.45) is 11.1 Å². The van der Waals surface area contributed by atoms with E-state index in [4.69, 9.17) is 5.73 Å². The van der Waals surface area contributed by atoms with E-state index in [2.05, 4.69) is 12.2 Å². The van der Waals surface area contributed by atoms with Crippen LogP contribution >= 0.6 is 11.8 Å². The molecule has 26 heavy (non-hydrogen) atoms. The second-order valence-electron chi connectivity index (χ2n) is 7.11. The van der Waals surface area contributed by atoms with Crippen molar-refractivity contribution in [2.45, 2.75) is 40.3 Å². The summed E-state index contributed by atoms with van der Waals surface area (Å²) < 4.78 is 2.67. The number of nitrogens with one attached hydrogen (secondary N) is 1. The quantitative estimate of drug-likeness (QED) is 0.751. The van der Waals surface area contributed by atoms with Crippen LogP contribution in [0.25, 0.3) is 11.0 Å². The molecule has 142 valence electrons. The Morgan fingerprint density at radius 3 is 2.38 bits per heavy atom. The molecule has 7 nitrogen and oxygen atoms in total. The second-order valence-corrected chi connectivity index (χ2v) is 8.50. The molecular formula is C18H26N4O3S. The molecule has 0 saturated carbocycles. The highest BCUT2D eigenvalue weighted by molar-refractivity contribution is 7.99. The van der Waals surface area contributed by atoms with E-state index < -0.39 is 29.1 Å². The van der Waals surface area contributed by atoms with Gasteiger partial charge in [0, 0.05) is 12.3 Å². The average molecular weight is 378 g/mol. The molecule has 1 aromatic carbocycles. The van der Waals surface area contributed by atoms with Crippen LogP contribution in [0.15, 0.2) is 29.1 Å². The first-order valence-electron chi connectivity index (χ1n) is 8.56. The monoisotopic (exact) mass is 378 g/mol. The number of hydrogen-bond acceptors (Lipinski definition) is 4. The maximum atomic E-state index is 12.9. The molecule has 1 atom stereocenters. The van der Waals surface area contributed by atoms with Crippen LogP contribution in [0.2, 0.25) is 0 Å². The number of rotatable bonds is 6. The predicted molar refractivity (Wildman–Crippen MR) is 106 cm³/mol. The van der Waals surface area contributed by atoms with Crippen molar-refractivity contribution < 1.29 is 9.59 Å². The molecule has 0 aliphatic rings. The Kier molecular flexibility index (Phi) is 6.17. The number of hydrogen-bond donors (Lipinski definition) is 2. The number of aryl methyl sites for hydroxylation is 1. The van der Waals surface area contributed by atoms with Crippen LogP contribution in [0.5, 0.6) is 0 Å². The van der Waals surface area contributed by atoms with E-state index in [1.54, 1.807) is 49.2 Å². The zero-order valence-electron chi connectivity index (χ0n) is 15.6. The van der Waals surface area contributed by atoms with Gasteiger partial charge >= 0.3 is 11.7 Å². The fourth-order valence-electron chi connectivity index (χ4n) is 2.82. The summed E-state index contributed by atoms with van der Waals surface area (Å²) in [4.78, 5) is 37.4. The standard InChI is InChI=1S/C18H26N4O3S/c1-5-26-11-10-21-12-8-6-7-9-13(12)22(17(21)25)16(24)20-14(15(19)23)18(2,3)4/h6-9,14H,5,10-11H2,1-4H3,(H2,19,23)(H,20,24)/t14-/m1/s1. The normalized spacial score (nSPS) is 12.9. The van der Waals surface area contributed by atoms with Gasteiger partial charge in [0.15, 0.2) is 0 Å². The summed E-state index contributed by atoms with van der Waals surface area (Å²) in [6, 6.07) is 5.59. The van der Waals surface area contributed by atoms with E-state index in [-0.39, 0.29) is 0 Å². The lowest BCUT2D eigenvalue weighted by molar-refractivity contribution is -0.122. The minimum absolute atomic E-state index is 0.419. The first-order chi connectivity index (χ1) is 12.2. The summed E-state index contributed by atoms with van der Waals surface area (Å²) >= 11 is 1.73. The maximum Gasteiger partial charge on any atom is 0.337 e. The van der Waals surface area contributed by atoms with Crippen molar-refractivity contribution in [3.8, 4) is 0 Å². The number of amides is 2. The molecule has 0 fully saturated rings. The van der Waals surface area contributed by atoms with E-state index in [0.717, 1.165) is 16.1 Å². The van der Waals surface area contributed by atoms with E-state index >= 15 is 0 Å². The van der Waals surface area contributed by atoms with Gasteiger partial charge in [0.25, 0.3) is 0 Å². The van der Waals surface area contributed by atoms with Gasteiger partial charge in [-0.1, -0.05) is 39.8 Å². The molecule has 0 aliphatic carbocycles. The fourth-order valence-corrected chi connectivity index (χ4v) is 3.42. The molecule has 2 aromatic rings. The third-order valence-corrected chi connectivity index (χ3v) is 5.00. The SMILES string of the molecule is CCSCCn1c(=O)n(C(=O)N[C@H](C(N)=O)C(C)(C)C)c2ccccc21. The van der Waals surface area contributed by atoms with E-state index in [0.29, 0.717) is 17.6 Å². The van der Waals surface area contributed by atoms with Gasteiger partial charge in [-0.15, -0.1) is 0 Å². The third kappa shape index (κ3) is 4.12. The number of benzene rings is 1. The highest BCUT2D eigenvalue weighted by atomic mass is 32.2. The van der Waals surface area contributed by atoms with Crippen LogP contribution < -0.4 is 16.7 Å². The van der Waals surface area contributed by atoms with Crippen molar-refractivity contribution in [2.75, 3.05) is 11.5 Å². The number of fused-ring (bicyclic) bond motifs is 1. The van der Waals surface area contributed by atoms with Crippen LogP contribution in [0.1, 0.15) is 27.7 Å². The van der Waals surface area contributed by atoms with Gasteiger partial charge in [-0.05, 0) is 23.3 Å². The molecule has 0 radical (unpaired) electrons. The number of imidazole rings is 1. The second kappa shape index (κ2) is 7.99. The third-order valence-electron chi connectivity index (χ3n) is 4.12. The first kappa shape index (κ1) is 20.1. The Balaban J connectivity index is 2.46. The van der Waals surface area contributed by atoms with Crippen LogP contribution in [-0.4, -0.2) is 38.6 Å². The van der Waals surface area contributed by atoms with E-state index in [9.17, 15) is 14.4 Å². The number of aromatic nitrogens is 2. The number of thioether (sulfide) groups is 1. The average Bonchev–Trinajstić information content (AvgIpc) is 2.83. The Morgan fingerprint density at radius 2 is 1.85 bits per heavy atom. The largest absolute Gasteiger partial charge is 0.368 e. The molecule has 0 aliphatic heterocycles. The van der Waals surface area contributed by atoms with Crippen LogP contribution in [0, 0.1) is 5.41 Å². The van der Waals surface area contributed by atoms with Gasteiger partial charge < -0.3 is 11.1 Å². The molecule has 0 spiro atoms. The molecule has 1 aromatic heterocycles. The maximum absolute atomic E-state index is 12.9. The van der Waals surface area contributed by atoms with Crippen molar-refractivity contribution in [1.82, 2.24) is 14.5 Å². The van der Waals surface area contributed by atoms with Crippen molar-refractivity contribution in [3.63, 3.8) is 0 Å². The summed E-state index contributed by atoms with van der Waals surface area (Å²) in [7, 11) is 0. The van der Waals surface area contributed by atoms with Crippen molar-refractivity contribution >= 4 is 34.7 Å². The molecule has 0 saturated heterocycles. The lowest BCUT2D eigenvalue weighted by Gasteiger charge is -2.28. The first-order valence-corrected chi connectivity index (χ1v) is 9.72. The number of nitrogens with zero attached hydrogens (tertiary/aromatic N) is 2. The minimum Gasteiger partial charge on any atom is -0.368 e. The topological polar surface area (TPSA) is 99.1 Å². The molecule has 0 bridgehead atoms. The summed E-state index contributed by atoms with van der Waals surface area (Å²) in [5.74, 6) is 1.10. The summed E-state index contributed by atoms with van der Waals surface area (Å²) in [5, 5.41) is 2.62. The number of primary amides is 1. The summed E-state index contributed by atoms with van der Waals surface area (Å²) in [6.07, 6.45) is 0. The zero-order chi connectivity index (χ0) is 19.5. The number of carbonyl (C=O) groups is 2. The Labute approximate surface area is 156 Å². The van der Waals surface area contributed by atoms with Gasteiger partial charge in [-0.3, -0.25) is 9.36 Å². The van der Waals surface area contributed by atoms with Gasteiger partial charge in [0.05, 0.1) is 11.0 Å². The van der Waals surface area contributed by atoms with Gasteiger partial charge in [-0.25, -0.2) is 14.2 Å². The number of carbonyl (C=O) groups excluding carboxylic acids is 2. The molecule has 3 N–H and O–H groups in total. The van der Waals surface area contributed by atoms with Gasteiger partial charge in [-0.2, -0.15) is 11.8 Å². The molecule has 8 heteroatoms. The molecule has 1 heterocycles. The lowest BCUT2D eigenvalue weighted by Crippen LogP contribution is -2.54. The van der Waals surface area contributed by atoms with Crippen molar-refractivity contribution in [3.05, 3.63) is 34.7 Å². The Morgan fingerprint density at radius 1 is 1.23 bits per heavy atom. The summed E-state index contributed by atoms with van der Waals surface area (Å²) in [6.45, 7) is 7.97. The smallest absolute Gasteiger partial charge is 0.337 e. The van der Waals surface area contributed by atoms with Crippen LogP contribution in [0.4, 0.5) is 4.79 Å². The van der Waals surface area contributed by atoms with E-state index in [1.807, 2.05) is 12.1 Å². The molecule has 0 unspecified atom stereocenters. The Bertz CT molecular complexity index is 863. The van der Waals surface area contributed by atoms with Gasteiger partial charge in [0.1, 0.15) is 6.04 Å². The highest BCUT2D eigenvalue weighted by Crippen LogP contribution is 2.20. The Hall–Kier alpha value is -2.22.